The number of aliphatic hydroxyl groups excluding tert-OH is 1. The summed E-state index contributed by atoms with van der Waals surface area (Å²) in [7, 11) is -4.59. The zero-order valence-corrected chi connectivity index (χ0v) is 38.7. The number of ether oxygens (including phenoxy) is 2. The van der Waals surface area contributed by atoms with E-state index in [2.05, 4.69) is 50.7 Å². The molecule has 3 N–H and O–H groups in total. The third-order valence-corrected chi connectivity index (χ3v) is 14.5. The van der Waals surface area contributed by atoms with Gasteiger partial charge >= 0.3 is 0 Å². The number of piperazine rings is 1. The zero-order valence-electron chi connectivity index (χ0n) is 37.1. The summed E-state index contributed by atoms with van der Waals surface area (Å²) in [5, 5.41) is 26.6. The van der Waals surface area contributed by atoms with Crippen molar-refractivity contribution in [1.29, 1.82) is 0 Å². The van der Waals surface area contributed by atoms with Gasteiger partial charge in [-0.15, -0.1) is 0 Å². The van der Waals surface area contributed by atoms with Crippen molar-refractivity contribution in [2.45, 2.75) is 57.5 Å². The number of allylic oxidation sites excluding steroid dienone is 2. The highest BCUT2D eigenvalue weighted by Gasteiger charge is 2.31. The number of nitrogens with one attached hydrogen (secondary N) is 2. The van der Waals surface area contributed by atoms with E-state index in [9.17, 15) is 28.4 Å². The molecule has 344 valence electrons. The summed E-state index contributed by atoms with van der Waals surface area (Å²) in [6.07, 6.45) is 4.80. The van der Waals surface area contributed by atoms with Crippen LogP contribution in [0.25, 0.3) is 11.1 Å². The topological polar surface area (TPSA) is 167 Å². The predicted molar refractivity (Wildman–Crippen MR) is 254 cm³/mol. The average Bonchev–Trinajstić information content (AvgIpc) is 3.59. The Morgan fingerprint density at radius 1 is 0.969 bits per heavy atom. The van der Waals surface area contributed by atoms with E-state index < -0.39 is 37.5 Å². The summed E-state index contributed by atoms with van der Waals surface area (Å²) in [5.74, 6) is -0.453. The number of carbonyl (C=O) groups excluding carboxylic acids is 1. The number of halogens is 1. The van der Waals surface area contributed by atoms with Crippen LogP contribution in [0.3, 0.4) is 0 Å². The lowest BCUT2D eigenvalue weighted by molar-refractivity contribution is -0.384. The van der Waals surface area contributed by atoms with Gasteiger partial charge in [-0.25, -0.2) is 13.1 Å². The number of hydrogen-bond donors (Lipinski definition) is 3. The number of anilines is 2. The van der Waals surface area contributed by atoms with E-state index in [1.54, 1.807) is 36.4 Å². The Morgan fingerprint density at radius 2 is 1.72 bits per heavy atom. The Kier molecular flexibility index (Phi) is 14.0. The highest BCUT2D eigenvalue weighted by Crippen LogP contribution is 2.45. The first-order valence-electron chi connectivity index (χ1n) is 22.3. The molecule has 2 heterocycles. The minimum absolute atomic E-state index is 0.0521. The molecule has 2 aliphatic carbocycles. The Morgan fingerprint density at radius 3 is 2.46 bits per heavy atom. The lowest BCUT2D eigenvalue weighted by Gasteiger charge is -2.39. The molecule has 1 amide bonds. The molecule has 1 unspecified atom stereocenters. The molecule has 0 radical (unpaired) electrons. The zero-order chi connectivity index (χ0) is 45.9. The van der Waals surface area contributed by atoms with E-state index in [0.29, 0.717) is 49.7 Å². The fourth-order valence-electron chi connectivity index (χ4n) is 9.27. The van der Waals surface area contributed by atoms with Gasteiger partial charge in [-0.1, -0.05) is 55.3 Å². The molecule has 4 aliphatic rings. The first-order chi connectivity index (χ1) is 31.1. The molecule has 0 bridgehead atoms. The first-order valence-corrected chi connectivity index (χ1v) is 24.2. The summed E-state index contributed by atoms with van der Waals surface area (Å²) in [6, 6.07) is 22.1. The van der Waals surface area contributed by atoms with Crippen LogP contribution in [0.15, 0.2) is 95.4 Å². The maximum Gasteiger partial charge on any atom is 0.293 e. The number of nitro benzene ring substituents is 1. The second kappa shape index (κ2) is 19.7. The molecule has 0 saturated carbocycles. The number of hydrogen-bond acceptors (Lipinski definition) is 12. The van der Waals surface area contributed by atoms with Gasteiger partial charge < -0.3 is 24.8 Å². The molecule has 2 fully saturated rings. The quantitative estimate of drug-likeness (QED) is 0.0592. The molecule has 4 aromatic rings. The van der Waals surface area contributed by atoms with E-state index in [0.717, 1.165) is 87.3 Å². The Bertz CT molecular complexity index is 2600. The van der Waals surface area contributed by atoms with Crippen LogP contribution in [-0.4, -0.2) is 106 Å². The monoisotopic (exact) mass is 924 g/mol. The maximum absolute atomic E-state index is 14.1. The number of fused-ring (bicyclic) bond motifs is 1. The lowest BCUT2D eigenvalue weighted by Crippen LogP contribution is -2.47. The molecule has 65 heavy (non-hydrogen) atoms. The second-order valence-electron chi connectivity index (χ2n) is 18.1. The van der Waals surface area contributed by atoms with Crippen LogP contribution in [0.1, 0.15) is 79.6 Å². The van der Waals surface area contributed by atoms with Gasteiger partial charge in [0.05, 0.1) is 34.7 Å². The fourth-order valence-corrected chi connectivity index (χ4v) is 10.4. The number of nitrogens with zero attached hydrogens (tertiary/aromatic N) is 4. The van der Waals surface area contributed by atoms with Gasteiger partial charge in [0.15, 0.2) is 0 Å². The molecular weight excluding hydrogens is 868 g/mol. The molecule has 14 nitrogen and oxygen atoms in total. The number of aliphatic hydroxyl groups is 1. The normalized spacial score (nSPS) is 19.1. The van der Waals surface area contributed by atoms with Gasteiger partial charge in [-0.05, 0) is 115 Å². The molecule has 2 saturated heterocycles. The van der Waals surface area contributed by atoms with Gasteiger partial charge in [0.25, 0.3) is 21.6 Å². The Balaban J connectivity index is 1.00. The summed E-state index contributed by atoms with van der Waals surface area (Å²) >= 11 is 6.25. The van der Waals surface area contributed by atoms with Crippen LogP contribution in [0, 0.1) is 15.5 Å². The maximum atomic E-state index is 14.1. The van der Waals surface area contributed by atoms with Gasteiger partial charge in [0.1, 0.15) is 17.2 Å². The van der Waals surface area contributed by atoms with Crippen molar-refractivity contribution < 1.29 is 32.7 Å². The first kappa shape index (κ1) is 46.2. The number of rotatable bonds is 15. The molecule has 16 heteroatoms. The van der Waals surface area contributed by atoms with Crippen LogP contribution in [0.4, 0.5) is 17.1 Å². The van der Waals surface area contributed by atoms with Crippen LogP contribution < -0.4 is 19.7 Å². The van der Waals surface area contributed by atoms with Gasteiger partial charge in [-0.2, -0.15) is 0 Å². The second-order valence-corrected chi connectivity index (χ2v) is 20.2. The number of benzene rings is 4. The highest BCUT2D eigenvalue weighted by atomic mass is 35.5. The van der Waals surface area contributed by atoms with Crippen molar-refractivity contribution in [3.05, 3.63) is 128 Å². The molecule has 4 aromatic carbocycles. The minimum atomic E-state index is -4.59. The van der Waals surface area contributed by atoms with Gasteiger partial charge in [0, 0.05) is 80.8 Å². The van der Waals surface area contributed by atoms with Crippen molar-refractivity contribution in [2.24, 2.45) is 5.41 Å². The predicted octanol–water partition coefficient (Wildman–Crippen LogP) is 8.53. The summed E-state index contributed by atoms with van der Waals surface area (Å²) < 4.78 is 41.6. The molecule has 0 spiro atoms. The van der Waals surface area contributed by atoms with Crippen molar-refractivity contribution in [3.63, 3.8) is 0 Å². The molecule has 0 aromatic heterocycles. The summed E-state index contributed by atoms with van der Waals surface area (Å²) in [6.45, 7) is 14.7. The van der Waals surface area contributed by atoms with Gasteiger partial charge in [0.2, 0.25) is 0 Å². The number of carbonyl (C=O) groups is 1. The van der Waals surface area contributed by atoms with Crippen molar-refractivity contribution >= 4 is 55.7 Å². The van der Waals surface area contributed by atoms with E-state index >= 15 is 0 Å². The third kappa shape index (κ3) is 10.9. The number of amides is 1. The minimum Gasteiger partial charge on any atom is -0.456 e. The van der Waals surface area contributed by atoms with E-state index in [-0.39, 0.29) is 22.4 Å². The third-order valence-electron chi connectivity index (χ3n) is 12.9. The molecule has 2 aliphatic heterocycles. The molecule has 1 atom stereocenters. The van der Waals surface area contributed by atoms with Crippen molar-refractivity contribution in [2.75, 3.05) is 82.3 Å². The Labute approximate surface area is 386 Å². The number of morpholine rings is 1. The Hall–Kier alpha value is -5.29. The van der Waals surface area contributed by atoms with E-state index in [1.165, 1.54) is 28.8 Å². The molecular formula is C49H57ClN6O8S. The largest absolute Gasteiger partial charge is 0.456 e. The van der Waals surface area contributed by atoms with Crippen LogP contribution >= 0.6 is 11.6 Å². The fraction of sp³-hybridized carbons (Fsp3) is 0.408. The van der Waals surface area contributed by atoms with Crippen molar-refractivity contribution in [3.8, 4) is 11.5 Å². The molecule has 8 rings (SSSR count). The summed E-state index contributed by atoms with van der Waals surface area (Å²) in [4.78, 5) is 32.1. The summed E-state index contributed by atoms with van der Waals surface area (Å²) in [5.41, 5.74) is 6.95. The average molecular weight is 926 g/mol. The smallest absolute Gasteiger partial charge is 0.293 e. The van der Waals surface area contributed by atoms with Gasteiger partial charge in [-0.3, -0.25) is 24.7 Å². The van der Waals surface area contributed by atoms with Crippen LogP contribution in [0.5, 0.6) is 11.5 Å². The number of sulfonamides is 1. The van der Waals surface area contributed by atoms with E-state index in [1.807, 2.05) is 25.1 Å². The van der Waals surface area contributed by atoms with Crippen LogP contribution in [-0.2, 0) is 14.8 Å². The lowest BCUT2D eigenvalue weighted by atomic mass is 9.72. The standard InChI is InChI=1S/C49H57ClN6O8S/c1-33-28-44(57)39-6-4-7-45(47(33)39)64-46-29-37(55-22-20-54(21-23-55)32-35-16-17-49(2,3)31-41(35)34-8-10-36(50)11-9-34)12-14-40(46)48(58)52-65(61,62)38-13-15-42(43(30-38)56(59)60)51-18-5-19-53-24-26-63-27-25-53/h4,6-15,28-30,44,51,57H,5,16-27,31-32H2,1-3H3,(H,52,58). The van der Waals surface area contributed by atoms with Crippen LogP contribution in [0.2, 0.25) is 5.02 Å². The highest BCUT2D eigenvalue weighted by molar-refractivity contribution is 7.90. The van der Waals surface area contributed by atoms with Crippen molar-refractivity contribution in [1.82, 2.24) is 14.5 Å². The SMILES string of the molecule is CC1=CC(O)c2cccc(Oc3cc(N4CCN(CC5=C(c6ccc(Cl)cc6)CC(C)(C)CC5)CC4)ccc3C(=O)NS(=O)(=O)c3ccc(NCCCN4CCOCC4)c([N+](=O)[O-])c3)c21. The van der Waals surface area contributed by atoms with E-state index in [4.69, 9.17) is 21.1 Å². The number of nitro groups is 1.